The van der Waals surface area contributed by atoms with Crippen LogP contribution in [-0.2, 0) is 4.79 Å². The number of ether oxygens (including phenoxy) is 1. The van der Waals surface area contributed by atoms with E-state index in [2.05, 4.69) is 26.0 Å². The summed E-state index contributed by atoms with van der Waals surface area (Å²) in [5, 5.41) is 0. The minimum Gasteiger partial charge on any atom is -0.489 e. The van der Waals surface area contributed by atoms with Gasteiger partial charge in [0.15, 0.2) is 0 Å². The Bertz CT molecular complexity index is 484. The van der Waals surface area contributed by atoms with Gasteiger partial charge in [-0.05, 0) is 36.5 Å². The van der Waals surface area contributed by atoms with Crippen molar-refractivity contribution in [3.05, 3.63) is 29.8 Å². The fourth-order valence-corrected chi connectivity index (χ4v) is 3.49. The van der Waals surface area contributed by atoms with Crippen molar-refractivity contribution >= 4 is 5.78 Å². The highest BCUT2D eigenvalue weighted by Gasteiger charge is 2.57. The summed E-state index contributed by atoms with van der Waals surface area (Å²) in [4.78, 5) is 12.0. The SMILES string of the molecule is CC(C)c1cccc(OC2CC(=O)C23CCCC3)c1. The lowest BCUT2D eigenvalue weighted by atomic mass is 9.63. The molecule has 2 saturated carbocycles. The van der Waals surface area contributed by atoms with Crippen LogP contribution in [0.4, 0.5) is 0 Å². The van der Waals surface area contributed by atoms with Crippen molar-refractivity contribution in [2.45, 2.75) is 58.0 Å². The first-order chi connectivity index (χ1) is 9.12. The van der Waals surface area contributed by atoms with E-state index in [0.717, 1.165) is 18.6 Å². The molecule has 2 nitrogen and oxygen atoms in total. The monoisotopic (exact) mass is 258 g/mol. The molecule has 2 heteroatoms. The highest BCUT2D eigenvalue weighted by molar-refractivity contribution is 5.92. The van der Waals surface area contributed by atoms with E-state index in [9.17, 15) is 4.79 Å². The summed E-state index contributed by atoms with van der Waals surface area (Å²) >= 11 is 0. The summed E-state index contributed by atoms with van der Waals surface area (Å²) < 4.78 is 6.13. The Morgan fingerprint density at radius 3 is 2.63 bits per heavy atom. The van der Waals surface area contributed by atoms with E-state index in [4.69, 9.17) is 4.74 Å². The molecule has 1 atom stereocenters. The van der Waals surface area contributed by atoms with Crippen LogP contribution < -0.4 is 4.74 Å². The molecule has 102 valence electrons. The lowest BCUT2D eigenvalue weighted by molar-refractivity contribution is -0.151. The van der Waals surface area contributed by atoms with Gasteiger partial charge in [0.2, 0.25) is 0 Å². The van der Waals surface area contributed by atoms with Gasteiger partial charge in [-0.25, -0.2) is 0 Å². The predicted molar refractivity (Wildman–Crippen MR) is 75.5 cm³/mol. The number of Topliss-reactive ketones (excluding diaryl/α,β-unsaturated/α-hetero) is 1. The molecule has 0 amide bonds. The largest absolute Gasteiger partial charge is 0.489 e. The average molecular weight is 258 g/mol. The van der Waals surface area contributed by atoms with Gasteiger partial charge in [-0.1, -0.05) is 38.8 Å². The second-order valence-electron chi connectivity index (χ2n) is 6.32. The maximum Gasteiger partial charge on any atom is 0.146 e. The van der Waals surface area contributed by atoms with Gasteiger partial charge >= 0.3 is 0 Å². The van der Waals surface area contributed by atoms with Crippen molar-refractivity contribution < 1.29 is 9.53 Å². The Morgan fingerprint density at radius 1 is 1.26 bits per heavy atom. The highest BCUT2D eigenvalue weighted by Crippen LogP contribution is 2.52. The lowest BCUT2D eigenvalue weighted by Crippen LogP contribution is -2.55. The highest BCUT2D eigenvalue weighted by atomic mass is 16.5. The summed E-state index contributed by atoms with van der Waals surface area (Å²) in [7, 11) is 0. The second kappa shape index (κ2) is 4.66. The van der Waals surface area contributed by atoms with Gasteiger partial charge in [0, 0.05) is 6.42 Å². The minimum absolute atomic E-state index is 0.116. The molecule has 2 aliphatic carbocycles. The molecule has 1 aromatic rings. The van der Waals surface area contributed by atoms with E-state index in [1.807, 2.05) is 12.1 Å². The number of rotatable bonds is 3. The molecule has 0 radical (unpaired) electrons. The molecule has 3 rings (SSSR count). The van der Waals surface area contributed by atoms with Crippen molar-refractivity contribution in [2.24, 2.45) is 5.41 Å². The molecule has 2 aliphatic rings. The zero-order chi connectivity index (χ0) is 13.5. The van der Waals surface area contributed by atoms with Crippen LogP contribution in [-0.4, -0.2) is 11.9 Å². The number of ketones is 1. The van der Waals surface area contributed by atoms with E-state index < -0.39 is 0 Å². The molecule has 0 aliphatic heterocycles. The summed E-state index contributed by atoms with van der Waals surface area (Å²) in [6.45, 7) is 4.37. The number of carbonyl (C=O) groups is 1. The van der Waals surface area contributed by atoms with Crippen LogP contribution in [0.25, 0.3) is 0 Å². The van der Waals surface area contributed by atoms with E-state index in [1.165, 1.54) is 18.4 Å². The van der Waals surface area contributed by atoms with Crippen molar-refractivity contribution in [3.63, 3.8) is 0 Å². The first-order valence-corrected chi connectivity index (χ1v) is 7.42. The normalized spacial score (nSPS) is 24.8. The van der Waals surface area contributed by atoms with Gasteiger partial charge in [-0.2, -0.15) is 0 Å². The third-order valence-electron chi connectivity index (χ3n) is 4.84. The Hall–Kier alpha value is -1.31. The summed E-state index contributed by atoms with van der Waals surface area (Å²) in [5.74, 6) is 1.86. The standard InChI is InChI=1S/C17H22O2/c1-12(2)13-6-5-7-14(10-13)19-16-11-15(18)17(16)8-3-4-9-17/h5-7,10,12,16H,3-4,8-9,11H2,1-2H3. The third-order valence-corrected chi connectivity index (χ3v) is 4.84. The fourth-order valence-electron chi connectivity index (χ4n) is 3.49. The maximum atomic E-state index is 12.0. The minimum atomic E-state index is -0.131. The molecule has 0 heterocycles. The molecule has 0 N–H and O–H groups in total. The van der Waals surface area contributed by atoms with Gasteiger partial charge in [0.05, 0.1) is 5.41 Å². The Labute approximate surface area is 115 Å². The average Bonchev–Trinajstić information content (AvgIpc) is 2.91. The molecule has 0 saturated heterocycles. The Balaban J connectivity index is 1.75. The van der Waals surface area contributed by atoms with E-state index in [-0.39, 0.29) is 11.5 Å². The quantitative estimate of drug-likeness (QED) is 0.816. The summed E-state index contributed by atoms with van der Waals surface area (Å²) in [6.07, 6.45) is 5.13. The zero-order valence-corrected chi connectivity index (χ0v) is 11.8. The van der Waals surface area contributed by atoms with Crippen LogP contribution in [0.1, 0.15) is 57.4 Å². The van der Waals surface area contributed by atoms with Crippen molar-refractivity contribution in [1.29, 1.82) is 0 Å². The van der Waals surface area contributed by atoms with Crippen LogP contribution in [0.2, 0.25) is 0 Å². The molecular weight excluding hydrogens is 236 g/mol. The molecule has 1 aromatic carbocycles. The first-order valence-electron chi connectivity index (χ1n) is 7.42. The van der Waals surface area contributed by atoms with Gasteiger partial charge in [-0.15, -0.1) is 0 Å². The summed E-state index contributed by atoms with van der Waals surface area (Å²) in [5.41, 5.74) is 1.16. The molecule has 1 spiro atoms. The second-order valence-corrected chi connectivity index (χ2v) is 6.32. The van der Waals surface area contributed by atoms with Crippen LogP contribution in [0, 0.1) is 5.41 Å². The van der Waals surface area contributed by atoms with E-state index in [0.29, 0.717) is 18.1 Å². The molecule has 2 fully saturated rings. The van der Waals surface area contributed by atoms with Crippen LogP contribution >= 0.6 is 0 Å². The van der Waals surface area contributed by atoms with Gasteiger partial charge in [0.1, 0.15) is 17.6 Å². The molecule has 19 heavy (non-hydrogen) atoms. The zero-order valence-electron chi connectivity index (χ0n) is 11.8. The van der Waals surface area contributed by atoms with Gasteiger partial charge < -0.3 is 4.74 Å². The van der Waals surface area contributed by atoms with Crippen LogP contribution in [0.5, 0.6) is 5.75 Å². The van der Waals surface area contributed by atoms with Gasteiger partial charge in [0.25, 0.3) is 0 Å². The smallest absolute Gasteiger partial charge is 0.146 e. The Kier molecular flexibility index (Phi) is 3.12. The number of hydrogen-bond donors (Lipinski definition) is 0. The predicted octanol–water partition coefficient (Wildman–Crippen LogP) is 4.09. The molecule has 0 bridgehead atoms. The maximum absolute atomic E-state index is 12.0. The van der Waals surface area contributed by atoms with Crippen LogP contribution in [0.3, 0.4) is 0 Å². The van der Waals surface area contributed by atoms with Crippen molar-refractivity contribution in [3.8, 4) is 5.75 Å². The summed E-state index contributed by atoms with van der Waals surface area (Å²) in [6, 6.07) is 8.31. The number of carbonyl (C=O) groups excluding carboxylic acids is 1. The lowest BCUT2D eigenvalue weighted by Gasteiger charge is -2.44. The van der Waals surface area contributed by atoms with E-state index >= 15 is 0 Å². The third kappa shape index (κ3) is 2.07. The molecular formula is C17H22O2. The van der Waals surface area contributed by atoms with Crippen molar-refractivity contribution in [1.82, 2.24) is 0 Å². The first kappa shape index (κ1) is 12.7. The van der Waals surface area contributed by atoms with E-state index in [1.54, 1.807) is 0 Å². The van der Waals surface area contributed by atoms with Gasteiger partial charge in [-0.3, -0.25) is 4.79 Å². The molecule has 1 unspecified atom stereocenters. The number of hydrogen-bond acceptors (Lipinski definition) is 2. The topological polar surface area (TPSA) is 26.3 Å². The van der Waals surface area contributed by atoms with Crippen LogP contribution in [0.15, 0.2) is 24.3 Å². The Morgan fingerprint density at radius 2 is 2.00 bits per heavy atom. The fraction of sp³-hybridized carbons (Fsp3) is 0.588. The number of benzene rings is 1. The molecule has 0 aromatic heterocycles. The van der Waals surface area contributed by atoms with Crippen molar-refractivity contribution in [2.75, 3.05) is 0 Å².